The summed E-state index contributed by atoms with van der Waals surface area (Å²) >= 11 is 1.82. The Hall–Kier alpha value is -0.980. The van der Waals surface area contributed by atoms with Gasteiger partial charge in [0.05, 0.1) is 12.1 Å². The number of nitrogens with one attached hydrogen (secondary N) is 1. The fraction of sp³-hybridized carbons (Fsp3) is 0.533. The fourth-order valence-corrected chi connectivity index (χ4v) is 2.62. The van der Waals surface area contributed by atoms with Crippen LogP contribution in [0.3, 0.4) is 0 Å². The Balaban J connectivity index is 2.37. The molecule has 1 N–H and O–H groups in total. The molecule has 0 aliphatic rings. The normalized spacial score (nSPS) is 12.4. The number of hydrogen-bond acceptors (Lipinski definition) is 3. The van der Waals surface area contributed by atoms with E-state index < -0.39 is 0 Å². The minimum Gasteiger partial charge on any atom is -0.302 e. The van der Waals surface area contributed by atoms with Gasteiger partial charge in [-0.05, 0) is 36.6 Å². The van der Waals surface area contributed by atoms with E-state index in [1.165, 1.54) is 10.5 Å². The summed E-state index contributed by atoms with van der Waals surface area (Å²) in [5.41, 5.74) is 1.38. The Labute approximate surface area is 115 Å². The van der Waals surface area contributed by atoms with Crippen molar-refractivity contribution in [2.24, 2.45) is 0 Å². The molecule has 0 aromatic heterocycles. The average molecular weight is 262 g/mol. The molecular formula is C15H22N2S. The lowest BCUT2D eigenvalue weighted by atomic mass is 10.0. The average Bonchev–Trinajstić information content (AvgIpc) is 2.38. The third-order valence-electron chi connectivity index (χ3n) is 2.83. The van der Waals surface area contributed by atoms with Gasteiger partial charge in [0.2, 0.25) is 0 Å². The van der Waals surface area contributed by atoms with E-state index in [9.17, 15) is 0 Å². The first-order chi connectivity index (χ1) is 8.67. The number of thioether (sulfide) groups is 1. The van der Waals surface area contributed by atoms with E-state index in [2.05, 4.69) is 49.5 Å². The van der Waals surface area contributed by atoms with Crippen LogP contribution in [0.4, 0.5) is 0 Å². The van der Waals surface area contributed by atoms with Crippen molar-refractivity contribution in [2.45, 2.75) is 44.0 Å². The van der Waals surface area contributed by atoms with Gasteiger partial charge in [0, 0.05) is 10.6 Å². The molecule has 0 aliphatic carbocycles. The molecule has 0 saturated heterocycles. The van der Waals surface area contributed by atoms with Gasteiger partial charge < -0.3 is 5.32 Å². The van der Waals surface area contributed by atoms with Crippen LogP contribution < -0.4 is 5.32 Å². The molecular weight excluding hydrogens is 240 g/mol. The summed E-state index contributed by atoms with van der Waals surface area (Å²) in [6.45, 7) is 7.29. The van der Waals surface area contributed by atoms with Crippen molar-refractivity contribution >= 4 is 11.8 Å². The standard InChI is InChI=1S/C15H22N2S/c1-4-17-14(11-16)9-10-18-15-7-5-13(6-8-15)12(2)3/h5-8,12,14,17H,4,9-10H2,1-3H3. The lowest BCUT2D eigenvalue weighted by Crippen LogP contribution is -2.27. The zero-order valence-corrected chi connectivity index (χ0v) is 12.3. The van der Waals surface area contributed by atoms with Gasteiger partial charge in [-0.2, -0.15) is 5.26 Å². The summed E-state index contributed by atoms with van der Waals surface area (Å²) < 4.78 is 0. The molecule has 0 amide bonds. The maximum absolute atomic E-state index is 8.93. The predicted octanol–water partition coefficient (Wildman–Crippen LogP) is 3.79. The van der Waals surface area contributed by atoms with Gasteiger partial charge in [-0.15, -0.1) is 11.8 Å². The Bertz CT molecular complexity index is 378. The monoisotopic (exact) mass is 262 g/mol. The SMILES string of the molecule is CCNC(C#N)CCSc1ccc(C(C)C)cc1. The predicted molar refractivity (Wildman–Crippen MR) is 78.9 cm³/mol. The summed E-state index contributed by atoms with van der Waals surface area (Å²) in [4.78, 5) is 1.28. The highest BCUT2D eigenvalue weighted by molar-refractivity contribution is 7.99. The lowest BCUT2D eigenvalue weighted by Gasteiger charge is -2.10. The molecule has 2 nitrogen and oxygen atoms in total. The maximum Gasteiger partial charge on any atom is 0.0960 e. The van der Waals surface area contributed by atoms with E-state index >= 15 is 0 Å². The first-order valence-corrected chi connectivity index (χ1v) is 7.51. The minimum absolute atomic E-state index is 0.0163. The zero-order chi connectivity index (χ0) is 13.4. The van der Waals surface area contributed by atoms with Gasteiger partial charge in [0.25, 0.3) is 0 Å². The highest BCUT2D eigenvalue weighted by Gasteiger charge is 2.05. The molecule has 1 rings (SSSR count). The van der Waals surface area contributed by atoms with Crippen LogP contribution in [0.1, 0.15) is 38.7 Å². The van der Waals surface area contributed by atoms with Gasteiger partial charge in [-0.25, -0.2) is 0 Å². The molecule has 0 radical (unpaired) electrons. The first kappa shape index (κ1) is 15.1. The third-order valence-corrected chi connectivity index (χ3v) is 3.87. The van der Waals surface area contributed by atoms with Crippen molar-refractivity contribution in [3.05, 3.63) is 29.8 Å². The molecule has 1 aromatic rings. The highest BCUT2D eigenvalue weighted by Crippen LogP contribution is 2.22. The van der Waals surface area contributed by atoms with Crippen molar-refractivity contribution in [2.75, 3.05) is 12.3 Å². The smallest absolute Gasteiger partial charge is 0.0960 e. The lowest BCUT2D eigenvalue weighted by molar-refractivity contribution is 0.613. The Morgan fingerprint density at radius 3 is 2.44 bits per heavy atom. The Kier molecular flexibility index (Phi) is 6.85. The van der Waals surface area contributed by atoms with E-state index in [4.69, 9.17) is 5.26 Å². The van der Waals surface area contributed by atoms with E-state index in [-0.39, 0.29) is 6.04 Å². The molecule has 0 spiro atoms. The molecule has 98 valence electrons. The number of nitrogens with zero attached hydrogens (tertiary/aromatic N) is 1. The molecule has 1 aromatic carbocycles. The molecule has 0 saturated carbocycles. The largest absolute Gasteiger partial charge is 0.302 e. The topological polar surface area (TPSA) is 35.8 Å². The van der Waals surface area contributed by atoms with Gasteiger partial charge >= 0.3 is 0 Å². The quantitative estimate of drug-likeness (QED) is 0.759. The maximum atomic E-state index is 8.93. The Morgan fingerprint density at radius 1 is 1.28 bits per heavy atom. The van der Waals surface area contributed by atoms with Gasteiger partial charge in [-0.3, -0.25) is 0 Å². The second-order valence-electron chi connectivity index (χ2n) is 4.60. The van der Waals surface area contributed by atoms with Crippen LogP contribution in [0.2, 0.25) is 0 Å². The molecule has 0 aliphatic heterocycles. The molecule has 3 heteroatoms. The fourth-order valence-electron chi connectivity index (χ4n) is 1.70. The molecule has 18 heavy (non-hydrogen) atoms. The summed E-state index contributed by atoms with van der Waals surface area (Å²) in [6, 6.07) is 11.0. The van der Waals surface area contributed by atoms with Crippen LogP contribution >= 0.6 is 11.8 Å². The number of hydrogen-bond donors (Lipinski definition) is 1. The molecule has 0 fully saturated rings. The van der Waals surface area contributed by atoms with Crippen molar-refractivity contribution in [1.82, 2.24) is 5.32 Å². The van der Waals surface area contributed by atoms with E-state index in [1.807, 2.05) is 18.7 Å². The van der Waals surface area contributed by atoms with Crippen molar-refractivity contribution < 1.29 is 0 Å². The summed E-state index contributed by atoms with van der Waals surface area (Å²) in [5.74, 6) is 1.56. The summed E-state index contributed by atoms with van der Waals surface area (Å²) in [5, 5.41) is 12.1. The van der Waals surface area contributed by atoms with Crippen LogP contribution in [-0.2, 0) is 0 Å². The minimum atomic E-state index is -0.0163. The zero-order valence-electron chi connectivity index (χ0n) is 11.4. The van der Waals surface area contributed by atoms with E-state index in [1.54, 1.807) is 0 Å². The number of nitriles is 1. The van der Waals surface area contributed by atoms with Crippen LogP contribution in [0.5, 0.6) is 0 Å². The van der Waals surface area contributed by atoms with Crippen LogP contribution in [0, 0.1) is 11.3 Å². The third kappa shape index (κ3) is 5.12. The van der Waals surface area contributed by atoms with Crippen LogP contribution in [0.15, 0.2) is 29.2 Å². The van der Waals surface area contributed by atoms with Crippen LogP contribution in [0.25, 0.3) is 0 Å². The van der Waals surface area contributed by atoms with Gasteiger partial charge in [-0.1, -0.05) is 32.9 Å². The molecule has 1 unspecified atom stereocenters. The first-order valence-electron chi connectivity index (χ1n) is 6.53. The van der Waals surface area contributed by atoms with Crippen molar-refractivity contribution in [3.63, 3.8) is 0 Å². The second-order valence-corrected chi connectivity index (χ2v) is 5.77. The highest BCUT2D eigenvalue weighted by atomic mass is 32.2. The van der Waals surface area contributed by atoms with E-state index in [0.29, 0.717) is 5.92 Å². The number of benzene rings is 1. The molecule has 0 bridgehead atoms. The van der Waals surface area contributed by atoms with E-state index in [0.717, 1.165) is 18.7 Å². The Morgan fingerprint density at radius 2 is 1.94 bits per heavy atom. The van der Waals surface area contributed by atoms with Gasteiger partial charge in [0.15, 0.2) is 0 Å². The van der Waals surface area contributed by atoms with Crippen LogP contribution in [-0.4, -0.2) is 18.3 Å². The van der Waals surface area contributed by atoms with Crippen molar-refractivity contribution in [1.29, 1.82) is 5.26 Å². The summed E-state index contributed by atoms with van der Waals surface area (Å²) in [7, 11) is 0. The molecule has 0 heterocycles. The van der Waals surface area contributed by atoms with Gasteiger partial charge in [0.1, 0.15) is 0 Å². The second kappa shape index (κ2) is 8.18. The van der Waals surface area contributed by atoms with Crippen molar-refractivity contribution in [3.8, 4) is 6.07 Å². The number of rotatable bonds is 7. The summed E-state index contributed by atoms with van der Waals surface area (Å²) in [6.07, 6.45) is 0.890. The molecule has 1 atom stereocenters.